The van der Waals surface area contributed by atoms with Crippen LogP contribution < -0.4 is 0 Å². The van der Waals surface area contributed by atoms with Crippen LogP contribution in [0.1, 0.15) is 13.3 Å². The van der Waals surface area contributed by atoms with Crippen molar-refractivity contribution in [3.63, 3.8) is 0 Å². The van der Waals surface area contributed by atoms with E-state index in [9.17, 15) is 5.11 Å². The van der Waals surface area contributed by atoms with Gasteiger partial charge in [-0.2, -0.15) is 0 Å². The molecular weight excluding hydrogens is 160 g/mol. The molecule has 1 N–H and O–H groups in total. The van der Waals surface area contributed by atoms with E-state index in [1.807, 2.05) is 6.92 Å². The van der Waals surface area contributed by atoms with E-state index in [0.717, 1.165) is 0 Å². The van der Waals surface area contributed by atoms with Gasteiger partial charge in [-0.1, -0.05) is 0 Å². The maximum Gasteiger partial charge on any atom is 0.160 e. The van der Waals surface area contributed by atoms with Crippen molar-refractivity contribution in [3.05, 3.63) is 0 Å². The minimum Gasteiger partial charge on any atom is -0.390 e. The lowest BCUT2D eigenvalue weighted by molar-refractivity contribution is -0.147. The molecule has 0 saturated carbocycles. The van der Waals surface area contributed by atoms with Crippen molar-refractivity contribution in [2.45, 2.75) is 37.9 Å². The summed E-state index contributed by atoms with van der Waals surface area (Å²) < 4.78 is 15.4. The third-order valence-electron chi connectivity index (χ3n) is 2.22. The molecule has 0 aromatic heterocycles. The second-order valence-electron chi connectivity index (χ2n) is 3.01. The molecule has 0 bridgehead atoms. The molecule has 0 aliphatic carbocycles. The number of ether oxygens (including phenoxy) is 3. The highest BCUT2D eigenvalue weighted by Gasteiger charge is 2.37. The molecule has 0 unspecified atom stereocenters. The normalized spacial score (nSPS) is 38.5. The zero-order valence-electron chi connectivity index (χ0n) is 7.69. The van der Waals surface area contributed by atoms with Gasteiger partial charge in [0.1, 0.15) is 6.10 Å². The third-order valence-corrected chi connectivity index (χ3v) is 2.22. The van der Waals surface area contributed by atoms with Crippen molar-refractivity contribution >= 4 is 0 Å². The van der Waals surface area contributed by atoms with Gasteiger partial charge in [0.2, 0.25) is 0 Å². The van der Waals surface area contributed by atoms with E-state index < -0.39 is 6.10 Å². The van der Waals surface area contributed by atoms with Crippen molar-refractivity contribution in [2.24, 2.45) is 0 Å². The molecule has 0 aromatic carbocycles. The zero-order chi connectivity index (χ0) is 9.14. The highest BCUT2D eigenvalue weighted by Crippen LogP contribution is 2.24. The monoisotopic (exact) mass is 176 g/mol. The first-order valence-corrected chi connectivity index (χ1v) is 4.08. The second kappa shape index (κ2) is 4.18. The van der Waals surface area contributed by atoms with E-state index in [2.05, 4.69) is 0 Å². The lowest BCUT2D eigenvalue weighted by Crippen LogP contribution is -2.33. The van der Waals surface area contributed by atoms with Crippen molar-refractivity contribution in [3.8, 4) is 0 Å². The number of hydrogen-bond donors (Lipinski definition) is 1. The van der Waals surface area contributed by atoms with Crippen LogP contribution in [0.25, 0.3) is 0 Å². The summed E-state index contributed by atoms with van der Waals surface area (Å²) in [4.78, 5) is 0. The van der Waals surface area contributed by atoms with Crippen LogP contribution in [-0.2, 0) is 14.2 Å². The molecular formula is C8H16O4. The molecule has 4 nitrogen and oxygen atoms in total. The molecule has 0 radical (unpaired) electrons. The first-order chi connectivity index (χ1) is 5.69. The zero-order valence-corrected chi connectivity index (χ0v) is 7.69. The number of aliphatic hydroxyl groups excluding tert-OH is 1. The van der Waals surface area contributed by atoms with Crippen LogP contribution in [0.4, 0.5) is 0 Å². The Morgan fingerprint density at radius 2 is 2.17 bits per heavy atom. The summed E-state index contributed by atoms with van der Waals surface area (Å²) >= 11 is 0. The van der Waals surface area contributed by atoms with Gasteiger partial charge in [0.25, 0.3) is 0 Å². The van der Waals surface area contributed by atoms with E-state index in [0.29, 0.717) is 6.42 Å². The number of aliphatic hydroxyl groups is 1. The van der Waals surface area contributed by atoms with Gasteiger partial charge in [-0.15, -0.1) is 0 Å². The van der Waals surface area contributed by atoms with Gasteiger partial charge in [-0.05, 0) is 6.92 Å². The fourth-order valence-electron chi connectivity index (χ4n) is 1.36. The topological polar surface area (TPSA) is 47.9 Å². The molecule has 1 aliphatic heterocycles. The Morgan fingerprint density at radius 3 is 2.58 bits per heavy atom. The van der Waals surface area contributed by atoms with Crippen LogP contribution in [0.5, 0.6) is 0 Å². The fraction of sp³-hybridized carbons (Fsp3) is 1.00. The van der Waals surface area contributed by atoms with Crippen LogP contribution in [0.2, 0.25) is 0 Å². The third kappa shape index (κ3) is 1.95. The quantitative estimate of drug-likeness (QED) is 0.664. The number of hydrogen-bond acceptors (Lipinski definition) is 4. The SMILES string of the molecule is CO[C@H]1C[C@@H](O)[C@H]([C@@H](C)OC)O1. The summed E-state index contributed by atoms with van der Waals surface area (Å²) in [6, 6.07) is 0. The van der Waals surface area contributed by atoms with E-state index in [1.165, 1.54) is 0 Å². The average Bonchev–Trinajstić information content (AvgIpc) is 2.45. The Morgan fingerprint density at radius 1 is 1.50 bits per heavy atom. The van der Waals surface area contributed by atoms with Gasteiger partial charge in [-0.25, -0.2) is 0 Å². The van der Waals surface area contributed by atoms with Crippen LogP contribution in [0, 0.1) is 0 Å². The lowest BCUT2D eigenvalue weighted by atomic mass is 10.1. The van der Waals surface area contributed by atoms with E-state index >= 15 is 0 Å². The summed E-state index contributed by atoms with van der Waals surface area (Å²) in [6.07, 6.45) is -0.609. The molecule has 4 heteroatoms. The van der Waals surface area contributed by atoms with Crippen LogP contribution >= 0.6 is 0 Å². The molecule has 1 saturated heterocycles. The van der Waals surface area contributed by atoms with Gasteiger partial charge in [0, 0.05) is 20.6 Å². The molecule has 0 spiro atoms. The van der Waals surface area contributed by atoms with E-state index in [1.54, 1.807) is 14.2 Å². The van der Waals surface area contributed by atoms with Gasteiger partial charge in [-0.3, -0.25) is 0 Å². The molecule has 72 valence electrons. The summed E-state index contributed by atoms with van der Waals surface area (Å²) in [5, 5.41) is 9.51. The van der Waals surface area contributed by atoms with Crippen LogP contribution in [0.3, 0.4) is 0 Å². The lowest BCUT2D eigenvalue weighted by Gasteiger charge is -2.20. The smallest absolute Gasteiger partial charge is 0.160 e. The summed E-state index contributed by atoms with van der Waals surface area (Å²) in [5.74, 6) is 0. The van der Waals surface area contributed by atoms with Gasteiger partial charge in [0.05, 0.1) is 12.2 Å². The maximum absolute atomic E-state index is 9.51. The first-order valence-electron chi connectivity index (χ1n) is 4.08. The Labute approximate surface area is 72.4 Å². The molecule has 0 amide bonds. The number of methoxy groups -OCH3 is 2. The minimum atomic E-state index is -0.482. The highest BCUT2D eigenvalue weighted by atomic mass is 16.7. The summed E-state index contributed by atoms with van der Waals surface area (Å²) in [7, 11) is 3.16. The van der Waals surface area contributed by atoms with Gasteiger partial charge >= 0.3 is 0 Å². The predicted molar refractivity (Wildman–Crippen MR) is 42.8 cm³/mol. The molecule has 12 heavy (non-hydrogen) atoms. The van der Waals surface area contributed by atoms with E-state index in [4.69, 9.17) is 14.2 Å². The van der Waals surface area contributed by atoms with Gasteiger partial charge < -0.3 is 19.3 Å². The molecule has 0 aromatic rings. The predicted octanol–water partition coefficient (Wildman–Crippen LogP) is 0.144. The molecule has 1 fully saturated rings. The Kier molecular flexibility index (Phi) is 3.46. The minimum absolute atomic E-state index is 0.0971. The summed E-state index contributed by atoms with van der Waals surface area (Å²) in [5.41, 5.74) is 0. The van der Waals surface area contributed by atoms with E-state index in [-0.39, 0.29) is 18.5 Å². The Bertz CT molecular complexity index is 139. The van der Waals surface area contributed by atoms with Crippen molar-refractivity contribution < 1.29 is 19.3 Å². The molecule has 1 aliphatic rings. The maximum atomic E-state index is 9.51. The fourth-order valence-corrected chi connectivity index (χ4v) is 1.36. The Hall–Kier alpha value is -0.160. The van der Waals surface area contributed by atoms with Crippen LogP contribution in [-0.4, -0.2) is 43.9 Å². The second-order valence-corrected chi connectivity index (χ2v) is 3.01. The van der Waals surface area contributed by atoms with Crippen molar-refractivity contribution in [1.82, 2.24) is 0 Å². The van der Waals surface area contributed by atoms with Crippen molar-refractivity contribution in [2.75, 3.05) is 14.2 Å². The van der Waals surface area contributed by atoms with Gasteiger partial charge in [0.15, 0.2) is 6.29 Å². The van der Waals surface area contributed by atoms with Crippen molar-refractivity contribution in [1.29, 1.82) is 0 Å². The average molecular weight is 176 g/mol. The number of rotatable bonds is 3. The first kappa shape index (κ1) is 9.92. The molecule has 4 atom stereocenters. The summed E-state index contributed by atoms with van der Waals surface area (Å²) in [6.45, 7) is 1.87. The van der Waals surface area contributed by atoms with Crippen LogP contribution in [0.15, 0.2) is 0 Å². The highest BCUT2D eigenvalue weighted by molar-refractivity contribution is 4.82. The molecule has 1 rings (SSSR count). The molecule has 1 heterocycles. The Balaban J connectivity index is 2.45. The largest absolute Gasteiger partial charge is 0.390 e. The standard InChI is InChI=1S/C8H16O4/c1-5(10-2)8-6(9)4-7(11-3)12-8/h5-9H,4H2,1-3H3/t5-,6-,7-,8+/m1/s1.